The van der Waals surface area contributed by atoms with Gasteiger partial charge in [0, 0.05) is 18.4 Å². The fourth-order valence-corrected chi connectivity index (χ4v) is 3.46. The Morgan fingerprint density at radius 2 is 1.55 bits per heavy atom. The van der Waals surface area contributed by atoms with Crippen LogP contribution in [0, 0.1) is 0 Å². The molecule has 0 bridgehead atoms. The van der Waals surface area contributed by atoms with Gasteiger partial charge in [-0.2, -0.15) is 0 Å². The molecule has 0 saturated carbocycles. The molecule has 0 spiro atoms. The number of likely N-dealkylation sites (tertiary alicyclic amines) is 1. The van der Waals surface area contributed by atoms with Crippen LogP contribution in [0.4, 0.5) is 0 Å². The first kappa shape index (κ1) is 14.8. The van der Waals surface area contributed by atoms with E-state index >= 15 is 0 Å². The Hall–Kier alpha value is -2.13. The molecule has 2 aromatic rings. The van der Waals surface area contributed by atoms with Gasteiger partial charge in [0.25, 0.3) is 0 Å². The molecule has 1 aliphatic heterocycles. The van der Waals surface area contributed by atoms with Crippen LogP contribution in [0.2, 0.25) is 0 Å². The minimum atomic E-state index is -0.118. The number of rotatable bonds is 4. The van der Waals surface area contributed by atoms with Crippen molar-refractivity contribution in [1.29, 1.82) is 0 Å². The third-order valence-corrected chi connectivity index (χ3v) is 4.58. The molecule has 0 aromatic heterocycles. The summed E-state index contributed by atoms with van der Waals surface area (Å²) in [5.74, 6) is 0.233. The Morgan fingerprint density at radius 3 is 2.05 bits per heavy atom. The lowest BCUT2D eigenvalue weighted by molar-refractivity contribution is -0.135. The fourth-order valence-electron chi connectivity index (χ4n) is 3.46. The molecule has 0 unspecified atom stereocenters. The summed E-state index contributed by atoms with van der Waals surface area (Å²) < 4.78 is 0. The predicted molar refractivity (Wildman–Crippen MR) is 88.5 cm³/mol. The first-order valence-electron chi connectivity index (χ1n) is 7.80. The van der Waals surface area contributed by atoms with Crippen molar-refractivity contribution in [3.63, 3.8) is 0 Å². The minimum Gasteiger partial charge on any atom is -0.329 e. The summed E-state index contributed by atoms with van der Waals surface area (Å²) in [6, 6.07) is 21.1. The topological polar surface area (TPSA) is 32.3 Å². The summed E-state index contributed by atoms with van der Waals surface area (Å²) in [4.78, 5) is 14.2. The van der Waals surface area contributed by atoms with Crippen molar-refractivity contribution in [3.05, 3.63) is 71.8 Å². The van der Waals surface area contributed by atoms with Gasteiger partial charge >= 0.3 is 0 Å². The van der Waals surface area contributed by atoms with Crippen LogP contribution in [-0.4, -0.2) is 31.1 Å². The van der Waals surface area contributed by atoms with Crippen molar-refractivity contribution in [2.75, 3.05) is 20.3 Å². The van der Waals surface area contributed by atoms with Gasteiger partial charge < -0.3 is 10.2 Å². The molecule has 0 radical (unpaired) electrons. The normalized spacial score (nSPS) is 17.5. The second-order valence-electron chi connectivity index (χ2n) is 5.92. The molecule has 114 valence electrons. The monoisotopic (exact) mass is 294 g/mol. The number of nitrogens with zero attached hydrogens (tertiary/aromatic N) is 1. The lowest BCUT2D eigenvalue weighted by Gasteiger charge is -2.43. The quantitative estimate of drug-likeness (QED) is 0.940. The molecule has 1 heterocycles. The molecule has 22 heavy (non-hydrogen) atoms. The van der Waals surface area contributed by atoms with Gasteiger partial charge in [-0.05, 0) is 24.6 Å². The number of hydrogen-bond donors (Lipinski definition) is 1. The summed E-state index contributed by atoms with van der Waals surface area (Å²) in [6.07, 6.45) is 1.45. The van der Waals surface area contributed by atoms with E-state index in [0.29, 0.717) is 13.1 Å². The van der Waals surface area contributed by atoms with Crippen molar-refractivity contribution in [1.82, 2.24) is 10.2 Å². The number of amides is 1. The van der Waals surface area contributed by atoms with Crippen molar-refractivity contribution < 1.29 is 4.79 Å². The van der Waals surface area contributed by atoms with Gasteiger partial charge in [0.2, 0.25) is 5.91 Å². The highest BCUT2D eigenvalue weighted by atomic mass is 16.2. The molecule has 1 amide bonds. The standard InChI is InChI=1S/C19H22N2O/c1-20-15-21-14-19(13-12-18(21)22,16-8-4-2-5-9-16)17-10-6-3-7-11-17/h2-11,20H,12-15H2,1H3. The highest BCUT2D eigenvalue weighted by Crippen LogP contribution is 2.40. The van der Waals surface area contributed by atoms with Crippen LogP contribution in [-0.2, 0) is 10.2 Å². The van der Waals surface area contributed by atoms with Crippen molar-refractivity contribution in [2.24, 2.45) is 0 Å². The molecular weight excluding hydrogens is 272 g/mol. The molecule has 1 aliphatic rings. The zero-order valence-corrected chi connectivity index (χ0v) is 13.0. The maximum atomic E-state index is 12.2. The SMILES string of the molecule is CNCN1CC(c2ccccc2)(c2ccccc2)CCC1=O. The van der Waals surface area contributed by atoms with Gasteiger partial charge in [-0.15, -0.1) is 0 Å². The van der Waals surface area contributed by atoms with Crippen LogP contribution in [0.1, 0.15) is 24.0 Å². The molecule has 0 atom stereocenters. The molecule has 3 heteroatoms. The number of benzene rings is 2. The Morgan fingerprint density at radius 1 is 1.00 bits per heavy atom. The van der Waals surface area contributed by atoms with E-state index in [2.05, 4.69) is 53.8 Å². The van der Waals surface area contributed by atoms with Gasteiger partial charge in [0.1, 0.15) is 0 Å². The molecule has 1 fully saturated rings. The molecular formula is C19H22N2O. The van der Waals surface area contributed by atoms with E-state index in [1.54, 1.807) is 0 Å². The average Bonchev–Trinajstić information content (AvgIpc) is 2.59. The van der Waals surface area contributed by atoms with Gasteiger partial charge in [-0.1, -0.05) is 60.7 Å². The maximum Gasteiger partial charge on any atom is 0.223 e. The molecule has 3 nitrogen and oxygen atoms in total. The van der Waals surface area contributed by atoms with Gasteiger partial charge in [0.05, 0.1) is 6.67 Å². The van der Waals surface area contributed by atoms with Crippen molar-refractivity contribution >= 4 is 5.91 Å². The van der Waals surface area contributed by atoms with Gasteiger partial charge in [-0.25, -0.2) is 0 Å². The number of carbonyl (C=O) groups is 1. The lowest BCUT2D eigenvalue weighted by atomic mass is 9.69. The second kappa shape index (κ2) is 6.32. The van der Waals surface area contributed by atoms with E-state index in [0.717, 1.165) is 13.0 Å². The van der Waals surface area contributed by atoms with Crippen LogP contribution >= 0.6 is 0 Å². The van der Waals surface area contributed by atoms with E-state index in [1.165, 1.54) is 11.1 Å². The Labute approximate surface area is 132 Å². The highest BCUT2D eigenvalue weighted by molar-refractivity contribution is 5.78. The molecule has 3 rings (SSSR count). The Bertz CT molecular complexity index is 585. The third kappa shape index (κ3) is 2.64. The lowest BCUT2D eigenvalue weighted by Crippen LogP contribution is -2.51. The summed E-state index contributed by atoms with van der Waals surface area (Å²) in [5.41, 5.74) is 2.46. The maximum absolute atomic E-state index is 12.2. The molecule has 0 aliphatic carbocycles. The van der Waals surface area contributed by atoms with Crippen LogP contribution < -0.4 is 5.32 Å². The molecule has 1 N–H and O–H groups in total. The van der Waals surface area contributed by atoms with Crippen LogP contribution in [0.15, 0.2) is 60.7 Å². The average molecular weight is 294 g/mol. The van der Waals surface area contributed by atoms with E-state index in [1.807, 2.05) is 24.1 Å². The number of carbonyl (C=O) groups excluding carboxylic acids is 1. The van der Waals surface area contributed by atoms with E-state index in [-0.39, 0.29) is 11.3 Å². The number of piperidine rings is 1. The van der Waals surface area contributed by atoms with Crippen LogP contribution in [0.25, 0.3) is 0 Å². The van der Waals surface area contributed by atoms with E-state index in [9.17, 15) is 4.79 Å². The van der Waals surface area contributed by atoms with Crippen molar-refractivity contribution in [2.45, 2.75) is 18.3 Å². The summed E-state index contributed by atoms with van der Waals surface area (Å²) in [5, 5.41) is 3.11. The number of hydrogen-bond acceptors (Lipinski definition) is 2. The largest absolute Gasteiger partial charge is 0.329 e. The third-order valence-electron chi connectivity index (χ3n) is 4.58. The first-order chi connectivity index (χ1) is 10.8. The van der Waals surface area contributed by atoms with E-state index in [4.69, 9.17) is 0 Å². The van der Waals surface area contributed by atoms with Gasteiger partial charge in [-0.3, -0.25) is 4.79 Å². The van der Waals surface area contributed by atoms with Crippen molar-refractivity contribution in [3.8, 4) is 0 Å². The number of nitrogens with one attached hydrogen (secondary N) is 1. The summed E-state index contributed by atoms with van der Waals surface area (Å²) >= 11 is 0. The first-order valence-corrected chi connectivity index (χ1v) is 7.80. The van der Waals surface area contributed by atoms with E-state index < -0.39 is 0 Å². The molecule has 2 aromatic carbocycles. The summed E-state index contributed by atoms with van der Waals surface area (Å²) in [6.45, 7) is 1.32. The van der Waals surface area contributed by atoms with Crippen LogP contribution in [0.3, 0.4) is 0 Å². The highest BCUT2D eigenvalue weighted by Gasteiger charge is 2.41. The second-order valence-corrected chi connectivity index (χ2v) is 5.92. The predicted octanol–water partition coefficient (Wildman–Crippen LogP) is 2.77. The van der Waals surface area contributed by atoms with Crippen LogP contribution in [0.5, 0.6) is 0 Å². The summed E-state index contributed by atoms with van der Waals surface area (Å²) in [7, 11) is 1.88. The zero-order valence-electron chi connectivity index (χ0n) is 13.0. The Kier molecular flexibility index (Phi) is 4.25. The Balaban J connectivity index is 2.06. The minimum absolute atomic E-state index is 0.118. The fraction of sp³-hybridized carbons (Fsp3) is 0.316. The zero-order chi connectivity index (χ0) is 15.4. The van der Waals surface area contributed by atoms with Gasteiger partial charge in [0.15, 0.2) is 0 Å². The smallest absolute Gasteiger partial charge is 0.223 e. The molecule has 1 saturated heterocycles.